The molecule has 4 heteroatoms. The lowest BCUT2D eigenvalue weighted by atomic mass is 10.2. The van der Waals surface area contributed by atoms with Gasteiger partial charge in [0.15, 0.2) is 0 Å². The highest BCUT2D eigenvalue weighted by Gasteiger charge is 2.24. The van der Waals surface area contributed by atoms with Crippen molar-refractivity contribution in [1.82, 2.24) is 10.2 Å². The minimum atomic E-state index is 0.106. The van der Waals surface area contributed by atoms with E-state index in [1.54, 1.807) is 0 Å². The molecule has 1 aliphatic heterocycles. The molecule has 3 N–H and O–H groups in total. The van der Waals surface area contributed by atoms with E-state index in [1.807, 2.05) is 13.8 Å². The van der Waals surface area contributed by atoms with Gasteiger partial charge in [-0.3, -0.25) is 9.69 Å². The average molecular weight is 171 g/mol. The van der Waals surface area contributed by atoms with Crippen LogP contribution >= 0.6 is 0 Å². The number of carbonyl (C=O) groups excluding carboxylic acids is 1. The third-order valence-corrected chi connectivity index (χ3v) is 2.23. The zero-order valence-corrected chi connectivity index (χ0v) is 7.71. The van der Waals surface area contributed by atoms with Crippen LogP contribution in [-0.2, 0) is 4.79 Å². The van der Waals surface area contributed by atoms with Gasteiger partial charge in [-0.15, -0.1) is 0 Å². The fourth-order valence-corrected chi connectivity index (χ4v) is 1.45. The molecule has 1 heterocycles. The third-order valence-electron chi connectivity index (χ3n) is 2.23. The number of carbonyl (C=O) groups is 1. The summed E-state index contributed by atoms with van der Waals surface area (Å²) in [5.74, 6) is 0.106. The molecule has 2 unspecified atom stereocenters. The molecule has 4 nitrogen and oxygen atoms in total. The summed E-state index contributed by atoms with van der Waals surface area (Å²) in [6.07, 6.45) is 0. The van der Waals surface area contributed by atoms with E-state index in [0.717, 1.165) is 6.54 Å². The van der Waals surface area contributed by atoms with E-state index in [2.05, 4.69) is 10.2 Å². The SMILES string of the molecule is CC1CN(C(C)CN)CC(=O)N1. The monoisotopic (exact) mass is 171 g/mol. The van der Waals surface area contributed by atoms with Crippen LogP contribution in [0.25, 0.3) is 0 Å². The zero-order valence-electron chi connectivity index (χ0n) is 7.71. The van der Waals surface area contributed by atoms with Crippen molar-refractivity contribution in [2.75, 3.05) is 19.6 Å². The molecule has 1 amide bonds. The van der Waals surface area contributed by atoms with Crippen molar-refractivity contribution in [1.29, 1.82) is 0 Å². The van der Waals surface area contributed by atoms with Gasteiger partial charge in [0.1, 0.15) is 0 Å². The van der Waals surface area contributed by atoms with E-state index < -0.39 is 0 Å². The summed E-state index contributed by atoms with van der Waals surface area (Å²) in [6.45, 7) is 6.06. The predicted octanol–water partition coefficient (Wildman–Crippen LogP) is -0.846. The highest BCUT2D eigenvalue weighted by Crippen LogP contribution is 2.03. The lowest BCUT2D eigenvalue weighted by Crippen LogP contribution is -2.56. The molecule has 0 saturated carbocycles. The molecule has 0 aromatic heterocycles. The predicted molar refractivity (Wildman–Crippen MR) is 47.7 cm³/mol. The lowest BCUT2D eigenvalue weighted by molar-refractivity contribution is -0.126. The maximum atomic E-state index is 11.1. The second kappa shape index (κ2) is 3.87. The molecule has 0 aromatic carbocycles. The van der Waals surface area contributed by atoms with Gasteiger partial charge in [-0.1, -0.05) is 0 Å². The van der Waals surface area contributed by atoms with Crippen LogP contribution in [0.4, 0.5) is 0 Å². The Bertz CT molecular complexity index is 172. The van der Waals surface area contributed by atoms with E-state index in [1.165, 1.54) is 0 Å². The van der Waals surface area contributed by atoms with Crippen molar-refractivity contribution in [3.05, 3.63) is 0 Å². The fraction of sp³-hybridized carbons (Fsp3) is 0.875. The van der Waals surface area contributed by atoms with Gasteiger partial charge in [-0.2, -0.15) is 0 Å². The Balaban J connectivity index is 2.49. The number of rotatable bonds is 2. The van der Waals surface area contributed by atoms with Gasteiger partial charge in [0, 0.05) is 25.2 Å². The Kier molecular flexibility index (Phi) is 3.05. The largest absolute Gasteiger partial charge is 0.351 e. The highest BCUT2D eigenvalue weighted by atomic mass is 16.2. The first-order chi connectivity index (χ1) is 5.63. The second-order valence-corrected chi connectivity index (χ2v) is 3.48. The van der Waals surface area contributed by atoms with Gasteiger partial charge < -0.3 is 11.1 Å². The van der Waals surface area contributed by atoms with Crippen molar-refractivity contribution < 1.29 is 4.79 Å². The van der Waals surface area contributed by atoms with E-state index >= 15 is 0 Å². The van der Waals surface area contributed by atoms with Crippen LogP contribution in [0.3, 0.4) is 0 Å². The van der Waals surface area contributed by atoms with Gasteiger partial charge in [0.25, 0.3) is 0 Å². The molecular formula is C8H17N3O. The molecule has 1 rings (SSSR count). The van der Waals surface area contributed by atoms with Gasteiger partial charge >= 0.3 is 0 Å². The first-order valence-electron chi connectivity index (χ1n) is 4.37. The number of hydrogen-bond donors (Lipinski definition) is 2. The molecule has 0 aliphatic carbocycles. The van der Waals surface area contributed by atoms with E-state index in [-0.39, 0.29) is 11.9 Å². The quantitative estimate of drug-likeness (QED) is 0.569. The second-order valence-electron chi connectivity index (χ2n) is 3.48. The smallest absolute Gasteiger partial charge is 0.234 e. The van der Waals surface area contributed by atoms with E-state index in [9.17, 15) is 4.79 Å². The summed E-state index contributed by atoms with van der Waals surface area (Å²) in [7, 11) is 0. The van der Waals surface area contributed by atoms with Crippen LogP contribution in [-0.4, -0.2) is 42.5 Å². The number of nitrogens with two attached hydrogens (primary N) is 1. The van der Waals surface area contributed by atoms with Gasteiger partial charge in [-0.05, 0) is 13.8 Å². The Morgan fingerprint density at radius 1 is 1.83 bits per heavy atom. The van der Waals surface area contributed by atoms with E-state index in [0.29, 0.717) is 19.1 Å². The molecule has 0 radical (unpaired) electrons. The van der Waals surface area contributed by atoms with Gasteiger partial charge in [0.2, 0.25) is 5.91 Å². The highest BCUT2D eigenvalue weighted by molar-refractivity contribution is 5.79. The summed E-state index contributed by atoms with van der Waals surface area (Å²) in [5, 5.41) is 2.87. The Morgan fingerprint density at radius 3 is 3.00 bits per heavy atom. The van der Waals surface area contributed by atoms with Crippen molar-refractivity contribution in [2.45, 2.75) is 25.9 Å². The lowest BCUT2D eigenvalue weighted by Gasteiger charge is -2.34. The van der Waals surface area contributed by atoms with Crippen LogP contribution in [0.5, 0.6) is 0 Å². The summed E-state index contributed by atoms with van der Waals surface area (Å²) in [5.41, 5.74) is 5.52. The summed E-state index contributed by atoms with van der Waals surface area (Å²) in [6, 6.07) is 0.554. The molecule has 2 atom stereocenters. The van der Waals surface area contributed by atoms with Crippen LogP contribution in [0, 0.1) is 0 Å². The van der Waals surface area contributed by atoms with Crippen molar-refractivity contribution >= 4 is 5.91 Å². The van der Waals surface area contributed by atoms with Crippen molar-refractivity contribution in [2.24, 2.45) is 5.73 Å². The van der Waals surface area contributed by atoms with Crippen LogP contribution in [0.15, 0.2) is 0 Å². The number of nitrogens with one attached hydrogen (secondary N) is 1. The standard InChI is InChI=1S/C8H17N3O/c1-6-4-11(7(2)3-9)5-8(12)10-6/h6-7H,3-5,9H2,1-2H3,(H,10,12). The minimum Gasteiger partial charge on any atom is -0.351 e. The molecular weight excluding hydrogens is 154 g/mol. The average Bonchev–Trinajstić information content (AvgIpc) is 2.01. The first kappa shape index (κ1) is 9.48. The van der Waals surface area contributed by atoms with Gasteiger partial charge in [-0.25, -0.2) is 0 Å². The molecule has 0 spiro atoms. The normalized spacial score (nSPS) is 28.2. The fourth-order valence-electron chi connectivity index (χ4n) is 1.45. The van der Waals surface area contributed by atoms with Crippen LogP contribution in [0.1, 0.15) is 13.8 Å². The first-order valence-corrected chi connectivity index (χ1v) is 4.37. The number of nitrogens with zero attached hydrogens (tertiary/aromatic N) is 1. The molecule has 12 heavy (non-hydrogen) atoms. The molecule has 0 bridgehead atoms. The van der Waals surface area contributed by atoms with Crippen LogP contribution < -0.4 is 11.1 Å². The molecule has 1 aliphatic rings. The maximum absolute atomic E-state index is 11.1. The minimum absolute atomic E-state index is 0.106. The topological polar surface area (TPSA) is 58.4 Å². The number of hydrogen-bond acceptors (Lipinski definition) is 3. The summed E-state index contributed by atoms with van der Waals surface area (Å²) < 4.78 is 0. The Hall–Kier alpha value is -0.610. The molecule has 1 saturated heterocycles. The Morgan fingerprint density at radius 2 is 2.50 bits per heavy atom. The van der Waals surface area contributed by atoms with Crippen molar-refractivity contribution in [3.8, 4) is 0 Å². The molecule has 0 aromatic rings. The maximum Gasteiger partial charge on any atom is 0.234 e. The molecule has 1 fully saturated rings. The third kappa shape index (κ3) is 2.19. The van der Waals surface area contributed by atoms with E-state index in [4.69, 9.17) is 5.73 Å². The summed E-state index contributed by atoms with van der Waals surface area (Å²) >= 11 is 0. The number of piperazine rings is 1. The zero-order chi connectivity index (χ0) is 9.14. The van der Waals surface area contributed by atoms with Crippen LogP contribution in [0.2, 0.25) is 0 Å². The summed E-state index contributed by atoms with van der Waals surface area (Å²) in [4.78, 5) is 13.2. The number of amides is 1. The molecule has 70 valence electrons. The Labute approximate surface area is 73.1 Å². The van der Waals surface area contributed by atoms with Gasteiger partial charge in [0.05, 0.1) is 6.54 Å². The van der Waals surface area contributed by atoms with Crippen molar-refractivity contribution in [3.63, 3.8) is 0 Å².